The molecule has 0 saturated carbocycles. The summed E-state index contributed by atoms with van der Waals surface area (Å²) in [5.74, 6) is 0. The average Bonchev–Trinajstić information content (AvgIpc) is 2.47. The summed E-state index contributed by atoms with van der Waals surface area (Å²) in [6.07, 6.45) is 0. The topological polar surface area (TPSA) is 66.4 Å². The first-order valence-electron chi connectivity index (χ1n) is 5.96. The van der Waals surface area contributed by atoms with Crippen LogP contribution in [0.15, 0.2) is 59.5 Å². The highest BCUT2D eigenvalue weighted by Crippen LogP contribution is 2.19. The van der Waals surface area contributed by atoms with E-state index in [2.05, 4.69) is 4.72 Å². The molecular weight excluding hydrogens is 298 g/mol. The molecule has 0 aliphatic heterocycles. The Balaban J connectivity index is 2.24. The van der Waals surface area contributed by atoms with Gasteiger partial charge in [0.25, 0.3) is 0 Å². The van der Waals surface area contributed by atoms with Crippen molar-refractivity contribution in [3.8, 4) is 0 Å². The SMILES string of the molecule is O=S(=O)(NC(CO)c1ccc(Cl)cc1)c1ccccc1. The van der Waals surface area contributed by atoms with Crippen molar-refractivity contribution in [2.24, 2.45) is 0 Å². The monoisotopic (exact) mass is 311 g/mol. The Labute approximate surface area is 123 Å². The van der Waals surface area contributed by atoms with Crippen LogP contribution in [-0.2, 0) is 10.0 Å². The van der Waals surface area contributed by atoms with E-state index in [1.54, 1.807) is 42.5 Å². The highest BCUT2D eigenvalue weighted by atomic mass is 35.5. The van der Waals surface area contributed by atoms with Crippen molar-refractivity contribution in [2.45, 2.75) is 10.9 Å². The summed E-state index contributed by atoms with van der Waals surface area (Å²) in [5.41, 5.74) is 0.649. The first kappa shape index (κ1) is 15.0. The van der Waals surface area contributed by atoms with E-state index >= 15 is 0 Å². The minimum absolute atomic E-state index is 0.160. The van der Waals surface area contributed by atoms with E-state index in [-0.39, 0.29) is 11.5 Å². The lowest BCUT2D eigenvalue weighted by molar-refractivity contribution is 0.259. The zero-order valence-electron chi connectivity index (χ0n) is 10.5. The van der Waals surface area contributed by atoms with E-state index < -0.39 is 16.1 Å². The third kappa shape index (κ3) is 3.58. The molecule has 1 unspecified atom stereocenters. The molecule has 0 aromatic heterocycles. The minimum Gasteiger partial charge on any atom is -0.394 e. The Morgan fingerprint density at radius 2 is 1.65 bits per heavy atom. The molecular formula is C14H14ClNO3S. The third-order valence-corrected chi connectivity index (χ3v) is 4.55. The summed E-state index contributed by atoms with van der Waals surface area (Å²) < 4.78 is 26.9. The number of sulfonamides is 1. The highest BCUT2D eigenvalue weighted by Gasteiger charge is 2.20. The molecule has 0 aliphatic rings. The maximum absolute atomic E-state index is 12.2. The molecule has 4 nitrogen and oxygen atoms in total. The second-order valence-electron chi connectivity index (χ2n) is 4.22. The van der Waals surface area contributed by atoms with Gasteiger partial charge in [-0.15, -0.1) is 0 Å². The molecule has 0 fully saturated rings. The summed E-state index contributed by atoms with van der Waals surface area (Å²) in [7, 11) is -3.67. The molecule has 2 N–H and O–H groups in total. The van der Waals surface area contributed by atoms with Gasteiger partial charge in [0.15, 0.2) is 0 Å². The van der Waals surface area contributed by atoms with Crippen LogP contribution in [0.1, 0.15) is 11.6 Å². The van der Waals surface area contributed by atoms with Gasteiger partial charge >= 0.3 is 0 Å². The van der Waals surface area contributed by atoms with Gasteiger partial charge in [-0.3, -0.25) is 0 Å². The minimum atomic E-state index is -3.67. The number of halogens is 1. The van der Waals surface area contributed by atoms with Gasteiger partial charge in [-0.1, -0.05) is 41.9 Å². The second kappa shape index (κ2) is 6.37. The van der Waals surface area contributed by atoms with Crippen molar-refractivity contribution >= 4 is 21.6 Å². The van der Waals surface area contributed by atoms with Crippen molar-refractivity contribution in [1.29, 1.82) is 0 Å². The van der Waals surface area contributed by atoms with Crippen LogP contribution in [0.2, 0.25) is 5.02 Å². The molecule has 2 aromatic rings. The first-order chi connectivity index (χ1) is 9.53. The first-order valence-corrected chi connectivity index (χ1v) is 7.83. The number of hydrogen-bond acceptors (Lipinski definition) is 3. The molecule has 6 heteroatoms. The molecule has 1 atom stereocenters. The van der Waals surface area contributed by atoms with Gasteiger partial charge < -0.3 is 5.11 Å². The summed E-state index contributed by atoms with van der Waals surface area (Å²) in [4.78, 5) is 0.160. The summed E-state index contributed by atoms with van der Waals surface area (Å²) in [6.45, 7) is -0.340. The van der Waals surface area contributed by atoms with E-state index in [0.29, 0.717) is 10.6 Å². The number of benzene rings is 2. The number of hydrogen-bond donors (Lipinski definition) is 2. The lowest BCUT2D eigenvalue weighted by Crippen LogP contribution is -2.30. The maximum Gasteiger partial charge on any atom is 0.241 e. The molecule has 2 rings (SSSR count). The summed E-state index contributed by atoms with van der Waals surface area (Å²) in [6, 6.07) is 14.0. The van der Waals surface area contributed by atoms with Crippen LogP contribution in [0.3, 0.4) is 0 Å². The fourth-order valence-electron chi connectivity index (χ4n) is 1.76. The number of nitrogens with one attached hydrogen (secondary N) is 1. The van der Waals surface area contributed by atoms with E-state index in [1.807, 2.05) is 0 Å². The molecule has 0 saturated heterocycles. The number of aliphatic hydroxyl groups excluding tert-OH is 1. The number of rotatable bonds is 5. The smallest absolute Gasteiger partial charge is 0.241 e. The molecule has 20 heavy (non-hydrogen) atoms. The lowest BCUT2D eigenvalue weighted by Gasteiger charge is -2.17. The van der Waals surface area contributed by atoms with Gasteiger partial charge in [0, 0.05) is 5.02 Å². The lowest BCUT2D eigenvalue weighted by atomic mass is 10.1. The molecule has 2 aromatic carbocycles. The van der Waals surface area contributed by atoms with Gasteiger partial charge in [-0.25, -0.2) is 13.1 Å². The van der Waals surface area contributed by atoms with Gasteiger partial charge in [0.05, 0.1) is 17.5 Å². The molecule has 0 heterocycles. The Morgan fingerprint density at radius 1 is 1.05 bits per heavy atom. The normalized spacial score (nSPS) is 13.1. The van der Waals surface area contributed by atoms with E-state index in [1.165, 1.54) is 12.1 Å². The zero-order chi connectivity index (χ0) is 14.6. The average molecular weight is 312 g/mol. The van der Waals surface area contributed by atoms with Crippen LogP contribution < -0.4 is 4.72 Å². The van der Waals surface area contributed by atoms with E-state index in [9.17, 15) is 13.5 Å². The molecule has 0 radical (unpaired) electrons. The predicted molar refractivity (Wildman–Crippen MR) is 78.0 cm³/mol. The van der Waals surface area contributed by atoms with Crippen LogP contribution in [-0.4, -0.2) is 20.1 Å². The Morgan fingerprint density at radius 3 is 2.20 bits per heavy atom. The Kier molecular flexibility index (Phi) is 4.77. The summed E-state index contributed by atoms with van der Waals surface area (Å²) in [5, 5.41) is 9.95. The maximum atomic E-state index is 12.2. The highest BCUT2D eigenvalue weighted by molar-refractivity contribution is 7.89. The molecule has 0 amide bonds. The Hall–Kier alpha value is -1.40. The van der Waals surface area contributed by atoms with Crippen molar-refractivity contribution in [3.63, 3.8) is 0 Å². The molecule has 106 valence electrons. The van der Waals surface area contributed by atoms with Crippen molar-refractivity contribution < 1.29 is 13.5 Å². The van der Waals surface area contributed by atoms with Crippen molar-refractivity contribution in [2.75, 3.05) is 6.61 Å². The quantitative estimate of drug-likeness (QED) is 0.891. The van der Waals surface area contributed by atoms with Crippen LogP contribution in [0, 0.1) is 0 Å². The van der Waals surface area contributed by atoms with Crippen molar-refractivity contribution in [1.82, 2.24) is 4.72 Å². The van der Waals surface area contributed by atoms with Crippen molar-refractivity contribution in [3.05, 3.63) is 65.2 Å². The van der Waals surface area contributed by atoms with Gasteiger partial charge in [-0.2, -0.15) is 0 Å². The van der Waals surface area contributed by atoms with Crippen LogP contribution in [0.5, 0.6) is 0 Å². The van der Waals surface area contributed by atoms with Crippen LogP contribution >= 0.6 is 11.6 Å². The van der Waals surface area contributed by atoms with Crippen LogP contribution in [0.4, 0.5) is 0 Å². The third-order valence-electron chi connectivity index (χ3n) is 2.81. The van der Waals surface area contributed by atoms with Gasteiger partial charge in [-0.05, 0) is 29.8 Å². The Bertz CT molecular complexity index is 657. The molecule has 0 spiro atoms. The van der Waals surface area contributed by atoms with Crippen LogP contribution in [0.25, 0.3) is 0 Å². The largest absolute Gasteiger partial charge is 0.394 e. The second-order valence-corrected chi connectivity index (χ2v) is 6.37. The zero-order valence-corrected chi connectivity index (χ0v) is 12.1. The van der Waals surface area contributed by atoms with Gasteiger partial charge in [0.2, 0.25) is 10.0 Å². The van der Waals surface area contributed by atoms with E-state index in [4.69, 9.17) is 11.6 Å². The fraction of sp³-hybridized carbons (Fsp3) is 0.143. The number of aliphatic hydroxyl groups is 1. The molecule has 0 bridgehead atoms. The van der Waals surface area contributed by atoms with Gasteiger partial charge in [0.1, 0.15) is 0 Å². The predicted octanol–water partition coefficient (Wildman–Crippen LogP) is 2.35. The molecule has 0 aliphatic carbocycles. The van der Waals surface area contributed by atoms with E-state index in [0.717, 1.165) is 0 Å². The standard InChI is InChI=1S/C14H14ClNO3S/c15-12-8-6-11(7-9-12)14(10-17)16-20(18,19)13-4-2-1-3-5-13/h1-9,14,16-17H,10H2. The summed E-state index contributed by atoms with van der Waals surface area (Å²) >= 11 is 5.79. The fourth-order valence-corrected chi connectivity index (χ4v) is 3.12.